The summed E-state index contributed by atoms with van der Waals surface area (Å²) in [5, 5.41) is 5.47. The van der Waals surface area contributed by atoms with Crippen LogP contribution in [0, 0.1) is 0 Å². The van der Waals surface area contributed by atoms with E-state index in [0.717, 1.165) is 23.3 Å². The lowest BCUT2D eigenvalue weighted by Gasteiger charge is -2.14. The number of thiophene rings is 1. The molecule has 0 saturated carbocycles. The van der Waals surface area contributed by atoms with Gasteiger partial charge in [-0.25, -0.2) is 4.98 Å². The molecule has 0 fully saturated rings. The van der Waals surface area contributed by atoms with E-state index >= 15 is 0 Å². The zero-order chi connectivity index (χ0) is 12.3. The molecule has 92 valence electrons. The molecule has 3 nitrogen and oxygen atoms in total. The molecule has 0 saturated heterocycles. The highest BCUT2D eigenvalue weighted by Crippen LogP contribution is 2.27. The number of imidazole rings is 1. The van der Waals surface area contributed by atoms with Gasteiger partial charge in [0.05, 0.1) is 0 Å². The van der Waals surface area contributed by atoms with E-state index in [1.54, 1.807) is 11.3 Å². The van der Waals surface area contributed by atoms with Gasteiger partial charge in [-0.1, -0.05) is 0 Å². The van der Waals surface area contributed by atoms with E-state index in [2.05, 4.69) is 49.2 Å². The van der Waals surface area contributed by atoms with Crippen molar-refractivity contribution in [3.8, 4) is 0 Å². The molecule has 1 atom stereocenters. The van der Waals surface area contributed by atoms with Gasteiger partial charge in [-0.2, -0.15) is 0 Å². The van der Waals surface area contributed by atoms with Gasteiger partial charge in [-0.15, -0.1) is 11.3 Å². The molecular weight excluding hydrogens is 298 g/mol. The minimum Gasteiger partial charge on any atom is -0.335 e. The van der Waals surface area contributed by atoms with Gasteiger partial charge in [0.2, 0.25) is 0 Å². The molecule has 1 unspecified atom stereocenters. The topological polar surface area (TPSA) is 29.9 Å². The Balaban J connectivity index is 2.15. The summed E-state index contributed by atoms with van der Waals surface area (Å²) >= 11 is 5.27. The third kappa shape index (κ3) is 2.97. The van der Waals surface area contributed by atoms with E-state index in [-0.39, 0.29) is 0 Å². The first-order valence-corrected chi connectivity index (χ1v) is 7.33. The lowest BCUT2D eigenvalue weighted by molar-refractivity contribution is 0.560. The molecule has 1 N–H and O–H groups in total. The Morgan fingerprint density at radius 1 is 1.59 bits per heavy atom. The fourth-order valence-corrected chi connectivity index (χ4v) is 3.41. The van der Waals surface area contributed by atoms with Crippen LogP contribution in [0.25, 0.3) is 0 Å². The smallest absolute Gasteiger partial charge is 0.110 e. The molecule has 0 aliphatic heterocycles. The van der Waals surface area contributed by atoms with Gasteiger partial charge < -0.3 is 9.88 Å². The number of likely N-dealkylation sites (N-methyl/N-ethyl adjacent to an activating group) is 1. The zero-order valence-corrected chi connectivity index (χ0v) is 12.4. The average molecular weight is 314 g/mol. The fraction of sp³-hybridized carbons (Fsp3) is 0.417. The van der Waals surface area contributed by atoms with E-state index in [4.69, 9.17) is 0 Å². The van der Waals surface area contributed by atoms with E-state index in [9.17, 15) is 0 Å². The largest absolute Gasteiger partial charge is 0.335 e. The molecular formula is C12H16BrN3S. The van der Waals surface area contributed by atoms with E-state index in [1.165, 1.54) is 4.88 Å². The SMILES string of the molecule is CCn1ccnc1CC(NC)c1cc(Br)cs1. The predicted octanol–water partition coefficient (Wildman–Crippen LogP) is 3.23. The summed E-state index contributed by atoms with van der Waals surface area (Å²) in [5.41, 5.74) is 0. The van der Waals surface area contributed by atoms with Crippen LogP contribution < -0.4 is 5.32 Å². The monoisotopic (exact) mass is 313 g/mol. The van der Waals surface area contributed by atoms with Crippen molar-refractivity contribution < 1.29 is 0 Å². The molecule has 2 rings (SSSR count). The minimum absolute atomic E-state index is 0.332. The number of aromatic nitrogens is 2. The number of halogens is 1. The van der Waals surface area contributed by atoms with Gasteiger partial charge in [0.15, 0.2) is 0 Å². The van der Waals surface area contributed by atoms with Crippen molar-refractivity contribution in [2.45, 2.75) is 25.9 Å². The summed E-state index contributed by atoms with van der Waals surface area (Å²) in [5.74, 6) is 1.14. The third-order valence-electron chi connectivity index (χ3n) is 2.81. The third-order valence-corrected chi connectivity index (χ3v) is 4.62. The molecule has 0 aliphatic carbocycles. The van der Waals surface area contributed by atoms with Gasteiger partial charge in [-0.05, 0) is 36.0 Å². The van der Waals surface area contributed by atoms with Crippen LogP contribution >= 0.6 is 27.3 Å². The molecule has 2 aromatic heterocycles. The van der Waals surface area contributed by atoms with E-state index < -0.39 is 0 Å². The van der Waals surface area contributed by atoms with Crippen LogP contribution in [-0.2, 0) is 13.0 Å². The van der Waals surface area contributed by atoms with Crippen LogP contribution in [0.2, 0.25) is 0 Å². The standard InChI is InChI=1S/C12H16BrN3S/c1-3-16-5-4-15-12(16)7-10(14-2)11-6-9(13)8-17-11/h4-6,8,10,14H,3,7H2,1-2H3. The second-order valence-corrected chi connectivity index (χ2v) is 5.70. The fourth-order valence-electron chi connectivity index (χ4n) is 1.86. The highest BCUT2D eigenvalue weighted by atomic mass is 79.9. The zero-order valence-electron chi connectivity index (χ0n) is 9.98. The van der Waals surface area contributed by atoms with Crippen molar-refractivity contribution >= 4 is 27.3 Å². The second-order valence-electron chi connectivity index (χ2n) is 3.84. The maximum Gasteiger partial charge on any atom is 0.110 e. The first kappa shape index (κ1) is 12.8. The molecule has 0 radical (unpaired) electrons. The number of hydrogen-bond donors (Lipinski definition) is 1. The molecule has 2 aromatic rings. The van der Waals surface area contributed by atoms with Crippen molar-refractivity contribution in [2.75, 3.05) is 7.05 Å². The van der Waals surface area contributed by atoms with Gasteiger partial charge >= 0.3 is 0 Å². The van der Waals surface area contributed by atoms with Gasteiger partial charge in [0.1, 0.15) is 5.82 Å². The van der Waals surface area contributed by atoms with Crippen LogP contribution in [0.4, 0.5) is 0 Å². The number of aryl methyl sites for hydroxylation is 1. The van der Waals surface area contributed by atoms with Crippen molar-refractivity contribution in [1.82, 2.24) is 14.9 Å². The molecule has 0 aliphatic rings. The van der Waals surface area contributed by atoms with Crippen molar-refractivity contribution in [1.29, 1.82) is 0 Å². The number of nitrogens with one attached hydrogen (secondary N) is 1. The Labute approximate surface area is 114 Å². The summed E-state index contributed by atoms with van der Waals surface area (Å²) in [6, 6.07) is 2.50. The molecule has 2 heterocycles. The molecule has 0 bridgehead atoms. The number of rotatable bonds is 5. The molecule has 0 spiro atoms. The Hall–Kier alpha value is -0.650. The summed E-state index contributed by atoms with van der Waals surface area (Å²) in [6.07, 6.45) is 4.83. The van der Waals surface area contributed by atoms with Gasteiger partial charge in [-0.3, -0.25) is 0 Å². The summed E-state index contributed by atoms with van der Waals surface area (Å²) in [6.45, 7) is 3.11. The highest BCUT2D eigenvalue weighted by molar-refractivity contribution is 9.10. The molecule has 17 heavy (non-hydrogen) atoms. The van der Waals surface area contributed by atoms with Gasteiger partial charge in [0, 0.05) is 46.1 Å². The molecule has 5 heteroatoms. The number of hydrogen-bond acceptors (Lipinski definition) is 3. The quantitative estimate of drug-likeness (QED) is 0.918. The van der Waals surface area contributed by atoms with Crippen LogP contribution in [0.3, 0.4) is 0 Å². The summed E-state index contributed by atoms with van der Waals surface area (Å²) in [4.78, 5) is 5.76. The number of nitrogens with zero attached hydrogens (tertiary/aromatic N) is 2. The Morgan fingerprint density at radius 3 is 3.00 bits per heavy atom. The summed E-state index contributed by atoms with van der Waals surface area (Å²) < 4.78 is 3.34. The first-order chi connectivity index (χ1) is 8.24. The Bertz CT molecular complexity index is 478. The maximum absolute atomic E-state index is 4.42. The lowest BCUT2D eigenvalue weighted by Crippen LogP contribution is -2.19. The van der Waals surface area contributed by atoms with Crippen LogP contribution in [0.15, 0.2) is 28.3 Å². The average Bonchev–Trinajstić information content (AvgIpc) is 2.94. The van der Waals surface area contributed by atoms with Crippen LogP contribution in [0.5, 0.6) is 0 Å². The summed E-state index contributed by atoms with van der Waals surface area (Å²) in [7, 11) is 2.00. The van der Waals surface area contributed by atoms with E-state index in [0.29, 0.717) is 6.04 Å². The normalized spacial score (nSPS) is 12.9. The molecule has 0 aromatic carbocycles. The lowest BCUT2D eigenvalue weighted by atomic mass is 10.1. The van der Waals surface area contributed by atoms with Crippen molar-refractivity contribution in [2.24, 2.45) is 0 Å². The Morgan fingerprint density at radius 2 is 2.41 bits per heavy atom. The van der Waals surface area contributed by atoms with Crippen molar-refractivity contribution in [3.05, 3.63) is 39.0 Å². The highest BCUT2D eigenvalue weighted by Gasteiger charge is 2.14. The van der Waals surface area contributed by atoms with Crippen LogP contribution in [-0.4, -0.2) is 16.6 Å². The van der Waals surface area contributed by atoms with E-state index in [1.807, 2.05) is 19.4 Å². The Kier molecular flexibility index (Phi) is 4.36. The minimum atomic E-state index is 0.332. The maximum atomic E-state index is 4.42. The first-order valence-electron chi connectivity index (χ1n) is 5.65. The molecule has 0 amide bonds. The second kappa shape index (κ2) is 5.80. The van der Waals surface area contributed by atoms with Crippen molar-refractivity contribution in [3.63, 3.8) is 0 Å². The van der Waals surface area contributed by atoms with Gasteiger partial charge in [0.25, 0.3) is 0 Å². The van der Waals surface area contributed by atoms with Crippen LogP contribution in [0.1, 0.15) is 23.7 Å². The predicted molar refractivity (Wildman–Crippen MR) is 75.4 cm³/mol.